The molecule has 0 aliphatic carbocycles. The lowest BCUT2D eigenvalue weighted by molar-refractivity contribution is 0.0955. The third kappa shape index (κ3) is 3.46. The molecule has 120 valence electrons. The van der Waals surface area contributed by atoms with Crippen LogP contribution in [-0.2, 0) is 0 Å². The topological polar surface area (TPSA) is 90.4 Å². The first-order chi connectivity index (χ1) is 11.6. The van der Waals surface area contributed by atoms with Crippen molar-refractivity contribution in [3.05, 3.63) is 71.7 Å². The van der Waals surface area contributed by atoms with Crippen molar-refractivity contribution >= 4 is 12.1 Å². The van der Waals surface area contributed by atoms with E-state index in [-0.39, 0.29) is 11.6 Å². The molecule has 2 aromatic carbocycles. The van der Waals surface area contributed by atoms with Crippen molar-refractivity contribution in [3.8, 4) is 17.0 Å². The molecule has 0 aliphatic heterocycles. The fraction of sp³-hybridized carbons (Fsp3) is 0. The number of carbonyl (C=O) groups excluding carboxylic acids is 1. The van der Waals surface area contributed by atoms with Gasteiger partial charge in [-0.05, 0) is 48.5 Å². The van der Waals surface area contributed by atoms with E-state index >= 15 is 0 Å². The number of hydrogen-bond acceptors (Lipinski definition) is 4. The second-order valence-electron chi connectivity index (χ2n) is 4.95. The second-order valence-corrected chi connectivity index (χ2v) is 4.95. The van der Waals surface area contributed by atoms with E-state index in [4.69, 9.17) is 0 Å². The Kier molecular flexibility index (Phi) is 4.33. The van der Waals surface area contributed by atoms with Crippen molar-refractivity contribution in [2.75, 3.05) is 0 Å². The zero-order valence-electron chi connectivity index (χ0n) is 12.4. The normalized spacial score (nSPS) is 10.9. The van der Waals surface area contributed by atoms with Gasteiger partial charge in [-0.2, -0.15) is 10.2 Å². The summed E-state index contributed by atoms with van der Waals surface area (Å²) in [7, 11) is 0. The Morgan fingerprint density at radius 3 is 2.58 bits per heavy atom. The number of halogens is 1. The molecule has 0 fully saturated rings. The number of amides is 1. The van der Waals surface area contributed by atoms with Crippen LogP contribution < -0.4 is 5.43 Å². The highest BCUT2D eigenvalue weighted by Gasteiger charge is 2.07. The number of phenols is 1. The molecule has 6 nitrogen and oxygen atoms in total. The molecule has 0 spiro atoms. The molecule has 7 heteroatoms. The molecule has 3 N–H and O–H groups in total. The number of carbonyl (C=O) groups is 1. The van der Waals surface area contributed by atoms with E-state index in [1.165, 1.54) is 42.6 Å². The summed E-state index contributed by atoms with van der Waals surface area (Å²) >= 11 is 0. The third-order valence-electron chi connectivity index (χ3n) is 3.30. The third-order valence-corrected chi connectivity index (χ3v) is 3.30. The number of phenolic OH excluding ortho intramolecular Hbond substituents is 1. The molecule has 3 rings (SSSR count). The van der Waals surface area contributed by atoms with Gasteiger partial charge in [0.15, 0.2) is 0 Å². The number of H-pyrrole nitrogens is 1. The van der Waals surface area contributed by atoms with Crippen molar-refractivity contribution in [3.63, 3.8) is 0 Å². The van der Waals surface area contributed by atoms with Crippen molar-refractivity contribution in [2.45, 2.75) is 0 Å². The number of hydrogen-bond donors (Lipinski definition) is 3. The summed E-state index contributed by atoms with van der Waals surface area (Å²) in [4.78, 5) is 11.9. The number of aromatic hydroxyl groups is 1. The van der Waals surface area contributed by atoms with Crippen LogP contribution in [0.5, 0.6) is 5.75 Å². The lowest BCUT2D eigenvalue weighted by atomic mass is 10.1. The Bertz CT molecular complexity index is 870. The molecule has 24 heavy (non-hydrogen) atoms. The highest BCUT2D eigenvalue weighted by atomic mass is 19.1. The summed E-state index contributed by atoms with van der Waals surface area (Å²) in [6.07, 6.45) is 3.00. The van der Waals surface area contributed by atoms with E-state index in [1.807, 2.05) is 0 Å². The maximum absolute atomic E-state index is 13.0. The van der Waals surface area contributed by atoms with Crippen molar-refractivity contribution < 1.29 is 14.3 Å². The molecular formula is C17H13FN4O2. The van der Waals surface area contributed by atoms with Crippen LogP contribution in [0, 0.1) is 5.82 Å². The first-order valence-electron chi connectivity index (χ1n) is 7.05. The van der Waals surface area contributed by atoms with Crippen LogP contribution in [-0.4, -0.2) is 27.4 Å². The van der Waals surface area contributed by atoms with E-state index < -0.39 is 5.91 Å². The summed E-state index contributed by atoms with van der Waals surface area (Å²) in [5.74, 6) is -0.648. The average molecular weight is 324 g/mol. The summed E-state index contributed by atoms with van der Waals surface area (Å²) in [6, 6.07) is 11.8. The lowest BCUT2D eigenvalue weighted by Crippen LogP contribution is -2.17. The molecule has 0 unspecified atom stereocenters. The summed E-state index contributed by atoms with van der Waals surface area (Å²) < 4.78 is 13.0. The number of nitrogens with zero attached hydrogens (tertiary/aromatic N) is 2. The lowest BCUT2D eigenvalue weighted by Gasteiger charge is -2.01. The molecule has 3 aromatic rings. The standard InChI is InChI=1S/C17H13FN4O2/c18-14-5-1-11(2-6-14)16-13(9-19-21-16)10-20-22-17(24)12-3-7-15(23)8-4-12/h1-10,23H,(H,19,21)(H,22,24). The summed E-state index contributed by atoms with van der Waals surface area (Å²) in [5.41, 5.74) is 4.82. The fourth-order valence-electron chi connectivity index (χ4n) is 2.08. The Morgan fingerprint density at radius 2 is 1.88 bits per heavy atom. The van der Waals surface area contributed by atoms with Crippen LogP contribution in [0.3, 0.4) is 0 Å². The van der Waals surface area contributed by atoms with E-state index in [9.17, 15) is 14.3 Å². The average Bonchev–Trinajstić information content (AvgIpc) is 3.04. The van der Waals surface area contributed by atoms with Crippen LogP contribution in [0.1, 0.15) is 15.9 Å². The minimum atomic E-state index is -0.405. The van der Waals surface area contributed by atoms with Gasteiger partial charge in [-0.25, -0.2) is 9.82 Å². The molecule has 1 aromatic heterocycles. The molecule has 0 bridgehead atoms. The number of nitrogens with one attached hydrogen (secondary N) is 2. The highest BCUT2D eigenvalue weighted by Crippen LogP contribution is 2.20. The molecule has 0 saturated heterocycles. The van der Waals surface area contributed by atoms with E-state index in [2.05, 4.69) is 20.7 Å². The van der Waals surface area contributed by atoms with Gasteiger partial charge < -0.3 is 5.11 Å². The van der Waals surface area contributed by atoms with Crippen LogP contribution in [0.15, 0.2) is 59.8 Å². The van der Waals surface area contributed by atoms with Gasteiger partial charge in [0.05, 0.1) is 18.1 Å². The van der Waals surface area contributed by atoms with E-state index in [0.29, 0.717) is 16.8 Å². The number of aromatic nitrogens is 2. The van der Waals surface area contributed by atoms with Crippen LogP contribution in [0.25, 0.3) is 11.3 Å². The van der Waals surface area contributed by atoms with Crippen molar-refractivity contribution in [1.29, 1.82) is 0 Å². The number of rotatable bonds is 4. The van der Waals surface area contributed by atoms with Crippen LogP contribution in [0.2, 0.25) is 0 Å². The Hall–Kier alpha value is -3.48. The van der Waals surface area contributed by atoms with Gasteiger partial charge in [0.2, 0.25) is 0 Å². The fourth-order valence-corrected chi connectivity index (χ4v) is 2.08. The van der Waals surface area contributed by atoms with Gasteiger partial charge >= 0.3 is 0 Å². The summed E-state index contributed by atoms with van der Waals surface area (Å²) in [6.45, 7) is 0. The Balaban J connectivity index is 1.71. The molecule has 1 heterocycles. The molecular weight excluding hydrogens is 311 g/mol. The van der Waals surface area contributed by atoms with Crippen LogP contribution >= 0.6 is 0 Å². The molecule has 1 amide bonds. The number of benzene rings is 2. The van der Waals surface area contributed by atoms with Crippen LogP contribution in [0.4, 0.5) is 4.39 Å². The zero-order chi connectivity index (χ0) is 16.9. The van der Waals surface area contributed by atoms with Gasteiger partial charge in [-0.1, -0.05) is 0 Å². The SMILES string of the molecule is O=C(NN=Cc1cn[nH]c1-c1ccc(F)cc1)c1ccc(O)cc1. The molecule has 0 saturated carbocycles. The number of hydrazone groups is 1. The molecule has 0 aliphatic rings. The van der Waals surface area contributed by atoms with Gasteiger partial charge in [-0.15, -0.1) is 0 Å². The minimum absolute atomic E-state index is 0.0809. The first-order valence-corrected chi connectivity index (χ1v) is 7.05. The number of aromatic amines is 1. The summed E-state index contributed by atoms with van der Waals surface area (Å²) in [5, 5.41) is 19.8. The van der Waals surface area contributed by atoms with Gasteiger partial charge in [-0.3, -0.25) is 9.89 Å². The smallest absolute Gasteiger partial charge is 0.271 e. The molecule has 0 atom stereocenters. The highest BCUT2D eigenvalue weighted by molar-refractivity contribution is 5.95. The van der Waals surface area contributed by atoms with Gasteiger partial charge in [0, 0.05) is 16.7 Å². The van der Waals surface area contributed by atoms with E-state index in [1.54, 1.807) is 18.3 Å². The largest absolute Gasteiger partial charge is 0.508 e. The maximum Gasteiger partial charge on any atom is 0.271 e. The van der Waals surface area contributed by atoms with Gasteiger partial charge in [0.25, 0.3) is 5.91 Å². The maximum atomic E-state index is 13.0. The Labute approximate surface area is 136 Å². The molecule has 0 radical (unpaired) electrons. The first kappa shape index (κ1) is 15.4. The monoisotopic (exact) mass is 324 g/mol. The van der Waals surface area contributed by atoms with E-state index in [0.717, 1.165) is 5.56 Å². The zero-order valence-corrected chi connectivity index (χ0v) is 12.4. The quantitative estimate of drug-likeness (QED) is 0.509. The van der Waals surface area contributed by atoms with Crippen molar-refractivity contribution in [1.82, 2.24) is 15.6 Å². The van der Waals surface area contributed by atoms with Gasteiger partial charge in [0.1, 0.15) is 11.6 Å². The Morgan fingerprint density at radius 1 is 1.17 bits per heavy atom. The second kappa shape index (κ2) is 6.74. The predicted octanol–water partition coefficient (Wildman–Crippen LogP) is 2.69. The minimum Gasteiger partial charge on any atom is -0.508 e. The predicted molar refractivity (Wildman–Crippen MR) is 87.1 cm³/mol. The van der Waals surface area contributed by atoms with Crippen molar-refractivity contribution in [2.24, 2.45) is 5.10 Å².